The largest absolute Gasteiger partial charge is 0.504 e. The third-order valence-corrected chi connectivity index (χ3v) is 4.38. The van der Waals surface area contributed by atoms with E-state index in [4.69, 9.17) is 10.1 Å². The van der Waals surface area contributed by atoms with Crippen molar-refractivity contribution < 1.29 is 19.0 Å². The van der Waals surface area contributed by atoms with Crippen LogP contribution in [-0.2, 0) is 4.79 Å². The molecule has 1 fully saturated rings. The number of aromatic hydroxyl groups is 1. The van der Waals surface area contributed by atoms with E-state index in [-0.39, 0.29) is 16.8 Å². The Balaban J connectivity index is 1.90. The van der Waals surface area contributed by atoms with Crippen LogP contribution < -0.4 is 9.64 Å². The molecule has 5 nitrogen and oxygen atoms in total. The van der Waals surface area contributed by atoms with Crippen molar-refractivity contribution in [3.63, 3.8) is 0 Å². The van der Waals surface area contributed by atoms with Gasteiger partial charge in [0.05, 0.1) is 17.2 Å². The quantitative estimate of drug-likeness (QED) is 0.811. The van der Waals surface area contributed by atoms with E-state index >= 15 is 0 Å². The molecule has 128 valence electrons. The topological polar surface area (TPSA) is 73.6 Å². The molecule has 2 aromatic rings. The Morgan fingerprint density at radius 1 is 1.28 bits per heavy atom. The van der Waals surface area contributed by atoms with E-state index in [0.29, 0.717) is 28.5 Å². The second kappa shape index (κ2) is 6.98. The van der Waals surface area contributed by atoms with Crippen molar-refractivity contribution >= 4 is 34.6 Å². The third kappa shape index (κ3) is 3.51. The van der Waals surface area contributed by atoms with Gasteiger partial charge in [-0.25, -0.2) is 4.39 Å². The highest BCUT2D eigenvalue weighted by atomic mass is 32.2. The van der Waals surface area contributed by atoms with Crippen LogP contribution in [-0.4, -0.2) is 22.8 Å². The van der Waals surface area contributed by atoms with Crippen LogP contribution in [0, 0.1) is 11.2 Å². The van der Waals surface area contributed by atoms with E-state index in [0.717, 1.165) is 11.8 Å². The number of rotatable bonds is 4. The van der Waals surface area contributed by atoms with Crippen LogP contribution in [0.15, 0.2) is 47.4 Å². The Hall–Kier alpha value is -2.80. The number of amides is 1. The van der Waals surface area contributed by atoms with E-state index in [9.17, 15) is 14.3 Å². The first-order valence-electron chi connectivity index (χ1n) is 7.53. The molecule has 1 heterocycles. The summed E-state index contributed by atoms with van der Waals surface area (Å²) in [7, 11) is 0. The SMILES string of the molecule is CCOc1cc(/C=C2\SC(=N)N(c3ccc(F)cc3)C2=O)ccc1O. The Bertz CT molecular complexity index is 865. The number of halogens is 1. The second-order valence-corrected chi connectivity index (χ2v) is 6.22. The highest BCUT2D eigenvalue weighted by Gasteiger charge is 2.33. The van der Waals surface area contributed by atoms with Crippen LogP contribution >= 0.6 is 11.8 Å². The number of phenolic OH excluding ortho intramolecular Hbond substituents is 1. The van der Waals surface area contributed by atoms with Gasteiger partial charge in [0.1, 0.15) is 5.82 Å². The standard InChI is InChI=1S/C18H15FN2O3S/c1-2-24-15-9-11(3-8-14(15)22)10-16-17(23)21(18(20)25-16)13-6-4-12(19)5-7-13/h3-10,20,22H,2H2,1H3/b16-10-,20-18?. The number of ether oxygens (including phenoxy) is 1. The normalized spacial score (nSPS) is 15.9. The molecular weight excluding hydrogens is 343 g/mol. The Labute approximate surface area is 148 Å². The maximum absolute atomic E-state index is 13.1. The molecule has 0 radical (unpaired) electrons. The number of benzene rings is 2. The number of anilines is 1. The summed E-state index contributed by atoms with van der Waals surface area (Å²) in [6.45, 7) is 2.22. The number of carbonyl (C=O) groups is 1. The van der Waals surface area contributed by atoms with Crippen molar-refractivity contribution in [2.24, 2.45) is 0 Å². The van der Waals surface area contributed by atoms with Crippen molar-refractivity contribution in [2.75, 3.05) is 11.5 Å². The molecule has 0 bridgehead atoms. The van der Waals surface area contributed by atoms with E-state index in [2.05, 4.69) is 0 Å². The molecule has 0 unspecified atom stereocenters. The first kappa shape index (κ1) is 17.0. The molecule has 0 aliphatic carbocycles. The minimum atomic E-state index is -0.405. The number of nitrogens with one attached hydrogen (secondary N) is 1. The van der Waals surface area contributed by atoms with Gasteiger partial charge in [0.15, 0.2) is 16.7 Å². The molecule has 2 N–H and O–H groups in total. The van der Waals surface area contributed by atoms with Crippen molar-refractivity contribution in [2.45, 2.75) is 6.92 Å². The van der Waals surface area contributed by atoms with Crippen molar-refractivity contribution in [1.29, 1.82) is 5.41 Å². The fraction of sp³-hybridized carbons (Fsp3) is 0.111. The molecule has 7 heteroatoms. The van der Waals surface area contributed by atoms with Crippen LogP contribution in [0.1, 0.15) is 12.5 Å². The predicted octanol–water partition coefficient (Wildman–Crippen LogP) is 3.99. The molecule has 1 saturated heterocycles. The summed E-state index contributed by atoms with van der Waals surface area (Å²) in [4.78, 5) is 14.2. The lowest BCUT2D eigenvalue weighted by molar-refractivity contribution is -0.113. The highest BCUT2D eigenvalue weighted by Crippen LogP contribution is 2.36. The first-order valence-corrected chi connectivity index (χ1v) is 8.35. The van der Waals surface area contributed by atoms with Crippen molar-refractivity contribution in [3.05, 3.63) is 58.8 Å². The Morgan fingerprint density at radius 2 is 2.00 bits per heavy atom. The monoisotopic (exact) mass is 358 g/mol. The fourth-order valence-electron chi connectivity index (χ4n) is 2.35. The fourth-order valence-corrected chi connectivity index (χ4v) is 3.22. The van der Waals surface area contributed by atoms with Gasteiger partial charge in [0, 0.05) is 0 Å². The number of thioether (sulfide) groups is 1. The Morgan fingerprint density at radius 3 is 2.68 bits per heavy atom. The highest BCUT2D eigenvalue weighted by molar-refractivity contribution is 8.19. The van der Waals surface area contributed by atoms with Crippen LogP contribution in [0.3, 0.4) is 0 Å². The summed E-state index contributed by atoms with van der Waals surface area (Å²) in [5, 5.41) is 17.8. The zero-order chi connectivity index (χ0) is 18.0. The van der Waals surface area contributed by atoms with E-state index < -0.39 is 5.82 Å². The number of hydrogen-bond donors (Lipinski definition) is 2. The smallest absolute Gasteiger partial charge is 0.271 e. The summed E-state index contributed by atoms with van der Waals surface area (Å²) in [5.41, 5.74) is 1.11. The molecule has 2 aromatic carbocycles. The molecule has 1 aliphatic heterocycles. The lowest BCUT2D eigenvalue weighted by Gasteiger charge is -2.13. The number of nitrogens with zero attached hydrogens (tertiary/aromatic N) is 1. The number of phenols is 1. The molecule has 25 heavy (non-hydrogen) atoms. The molecule has 1 amide bonds. The molecule has 0 saturated carbocycles. The third-order valence-electron chi connectivity index (χ3n) is 3.49. The summed E-state index contributed by atoms with van der Waals surface area (Å²) in [6, 6.07) is 10.2. The summed E-state index contributed by atoms with van der Waals surface area (Å²) >= 11 is 1.02. The Kier molecular flexibility index (Phi) is 4.76. The lowest BCUT2D eigenvalue weighted by atomic mass is 10.2. The first-order chi connectivity index (χ1) is 12.0. The van der Waals surface area contributed by atoms with Gasteiger partial charge in [-0.1, -0.05) is 6.07 Å². The molecule has 0 aromatic heterocycles. The molecule has 1 aliphatic rings. The summed E-state index contributed by atoms with van der Waals surface area (Å²) in [5.74, 6) is -0.404. The van der Waals surface area contributed by atoms with Gasteiger partial charge in [-0.05, 0) is 66.7 Å². The van der Waals surface area contributed by atoms with E-state index in [1.807, 2.05) is 6.92 Å². The van der Waals surface area contributed by atoms with Crippen LogP contribution in [0.2, 0.25) is 0 Å². The zero-order valence-corrected chi connectivity index (χ0v) is 14.1. The van der Waals surface area contributed by atoms with Gasteiger partial charge in [0.25, 0.3) is 5.91 Å². The van der Waals surface area contributed by atoms with Gasteiger partial charge >= 0.3 is 0 Å². The summed E-state index contributed by atoms with van der Waals surface area (Å²) in [6.07, 6.45) is 1.63. The molecule has 0 atom stereocenters. The molecular formula is C18H15FN2O3S. The van der Waals surface area contributed by atoms with Gasteiger partial charge < -0.3 is 9.84 Å². The van der Waals surface area contributed by atoms with Crippen molar-refractivity contribution in [3.8, 4) is 11.5 Å². The van der Waals surface area contributed by atoms with Gasteiger partial charge in [-0.3, -0.25) is 15.1 Å². The molecule has 0 spiro atoms. The van der Waals surface area contributed by atoms with Gasteiger partial charge in [0.2, 0.25) is 0 Å². The number of amidine groups is 1. The molecule has 3 rings (SSSR count). The minimum Gasteiger partial charge on any atom is -0.504 e. The average molecular weight is 358 g/mol. The average Bonchev–Trinajstić information content (AvgIpc) is 2.86. The summed E-state index contributed by atoms with van der Waals surface area (Å²) < 4.78 is 18.4. The maximum Gasteiger partial charge on any atom is 0.271 e. The second-order valence-electron chi connectivity index (χ2n) is 5.19. The van der Waals surface area contributed by atoms with Crippen LogP contribution in [0.5, 0.6) is 11.5 Å². The van der Waals surface area contributed by atoms with Crippen molar-refractivity contribution in [1.82, 2.24) is 0 Å². The maximum atomic E-state index is 13.1. The minimum absolute atomic E-state index is 0.0232. The number of carbonyl (C=O) groups excluding carboxylic acids is 1. The van der Waals surface area contributed by atoms with E-state index in [1.54, 1.807) is 18.2 Å². The van der Waals surface area contributed by atoms with Gasteiger partial charge in [-0.2, -0.15) is 0 Å². The predicted molar refractivity (Wildman–Crippen MR) is 96.5 cm³/mol. The van der Waals surface area contributed by atoms with Crippen LogP contribution in [0.4, 0.5) is 10.1 Å². The van der Waals surface area contributed by atoms with Gasteiger partial charge in [-0.15, -0.1) is 0 Å². The van der Waals surface area contributed by atoms with Crippen LogP contribution in [0.25, 0.3) is 6.08 Å². The number of hydrogen-bond acceptors (Lipinski definition) is 5. The lowest BCUT2D eigenvalue weighted by Crippen LogP contribution is -2.28. The zero-order valence-electron chi connectivity index (χ0n) is 13.3. The van der Waals surface area contributed by atoms with E-state index in [1.165, 1.54) is 35.2 Å².